The van der Waals surface area contributed by atoms with Gasteiger partial charge in [0, 0.05) is 26.7 Å². The van der Waals surface area contributed by atoms with E-state index in [4.69, 9.17) is 10.5 Å². The number of anilines is 2. The Bertz CT molecular complexity index is 560. The van der Waals surface area contributed by atoms with Crippen LogP contribution in [0, 0.1) is 5.92 Å². The molecule has 1 heterocycles. The van der Waals surface area contributed by atoms with Crippen molar-refractivity contribution in [3.05, 3.63) is 20.8 Å². The lowest BCUT2D eigenvalue weighted by Crippen LogP contribution is -2.41. The molecule has 0 unspecified atom stereocenters. The Morgan fingerprint density at radius 1 is 1.35 bits per heavy atom. The second-order valence-corrected chi connectivity index (χ2v) is 5.04. The second kappa shape index (κ2) is 7.14. The Morgan fingerprint density at radius 3 is 2.55 bits per heavy atom. The summed E-state index contributed by atoms with van der Waals surface area (Å²) in [4.78, 5) is 24.1. The Labute approximate surface area is 118 Å². The van der Waals surface area contributed by atoms with Crippen LogP contribution in [0.2, 0.25) is 0 Å². The van der Waals surface area contributed by atoms with Crippen molar-refractivity contribution in [3.8, 4) is 0 Å². The van der Waals surface area contributed by atoms with Crippen LogP contribution in [0.4, 0.5) is 11.5 Å². The first-order valence-corrected chi connectivity index (χ1v) is 6.81. The van der Waals surface area contributed by atoms with Gasteiger partial charge in [-0.15, -0.1) is 0 Å². The molecule has 0 fully saturated rings. The largest absolute Gasteiger partial charge is 0.383 e. The van der Waals surface area contributed by atoms with E-state index >= 15 is 0 Å². The van der Waals surface area contributed by atoms with E-state index in [0.29, 0.717) is 26.3 Å². The molecule has 0 aliphatic heterocycles. The first-order chi connectivity index (χ1) is 9.40. The highest BCUT2D eigenvalue weighted by molar-refractivity contribution is 5.60. The zero-order chi connectivity index (χ0) is 15.3. The van der Waals surface area contributed by atoms with E-state index in [0.717, 1.165) is 4.57 Å². The van der Waals surface area contributed by atoms with E-state index in [1.54, 1.807) is 0 Å². The molecule has 0 aromatic carbocycles. The first kappa shape index (κ1) is 16.3. The topological polar surface area (TPSA) is 91.3 Å². The summed E-state index contributed by atoms with van der Waals surface area (Å²) in [5.74, 6) is 0.437. The van der Waals surface area contributed by atoms with E-state index in [-0.39, 0.29) is 17.4 Å². The summed E-state index contributed by atoms with van der Waals surface area (Å²) in [7, 11) is 1.45. The minimum atomic E-state index is -0.413. The predicted octanol–water partition coefficient (Wildman–Crippen LogP) is 0.234. The van der Waals surface area contributed by atoms with Gasteiger partial charge in [-0.3, -0.25) is 13.9 Å². The molecule has 0 aliphatic carbocycles. The van der Waals surface area contributed by atoms with Gasteiger partial charge < -0.3 is 15.8 Å². The summed E-state index contributed by atoms with van der Waals surface area (Å²) in [6.45, 7) is 7.89. The van der Waals surface area contributed by atoms with E-state index in [1.165, 1.54) is 11.6 Å². The number of nitrogens with zero attached hydrogens (tertiary/aromatic N) is 2. The summed E-state index contributed by atoms with van der Waals surface area (Å²) >= 11 is 0. The van der Waals surface area contributed by atoms with Gasteiger partial charge in [0.25, 0.3) is 5.56 Å². The molecule has 0 saturated carbocycles. The molecule has 0 bridgehead atoms. The van der Waals surface area contributed by atoms with Crippen molar-refractivity contribution in [2.24, 2.45) is 13.0 Å². The smallest absolute Gasteiger partial charge is 0.332 e. The normalized spacial score (nSPS) is 11.1. The monoisotopic (exact) mass is 284 g/mol. The van der Waals surface area contributed by atoms with Crippen LogP contribution in [-0.4, -0.2) is 28.9 Å². The zero-order valence-electron chi connectivity index (χ0n) is 12.6. The summed E-state index contributed by atoms with van der Waals surface area (Å²) in [5.41, 5.74) is 5.42. The molecule has 1 aromatic heterocycles. The van der Waals surface area contributed by atoms with Crippen molar-refractivity contribution in [3.63, 3.8) is 0 Å². The summed E-state index contributed by atoms with van der Waals surface area (Å²) in [6.07, 6.45) is 0. The maximum atomic E-state index is 12.1. The fourth-order valence-electron chi connectivity index (χ4n) is 1.88. The fraction of sp³-hybridized carbons (Fsp3) is 0.692. The minimum absolute atomic E-state index is 0.184. The van der Waals surface area contributed by atoms with Gasteiger partial charge >= 0.3 is 5.69 Å². The zero-order valence-corrected chi connectivity index (χ0v) is 12.6. The van der Waals surface area contributed by atoms with Gasteiger partial charge in [0.05, 0.1) is 6.61 Å². The quantitative estimate of drug-likeness (QED) is 0.700. The van der Waals surface area contributed by atoms with Gasteiger partial charge in [-0.1, -0.05) is 13.8 Å². The molecule has 0 spiro atoms. The molecular weight excluding hydrogens is 260 g/mol. The van der Waals surface area contributed by atoms with Gasteiger partial charge in [-0.25, -0.2) is 4.79 Å². The fourth-order valence-corrected chi connectivity index (χ4v) is 1.88. The lowest BCUT2D eigenvalue weighted by Gasteiger charge is -2.17. The molecule has 7 nitrogen and oxygen atoms in total. The minimum Gasteiger partial charge on any atom is -0.383 e. The number of aromatic nitrogens is 2. The molecule has 0 radical (unpaired) electrons. The highest BCUT2D eigenvalue weighted by atomic mass is 16.5. The Balaban J connectivity index is 3.13. The molecule has 0 saturated heterocycles. The summed E-state index contributed by atoms with van der Waals surface area (Å²) in [5, 5.41) is 2.95. The van der Waals surface area contributed by atoms with Gasteiger partial charge in [-0.05, 0) is 12.8 Å². The third-order valence-corrected chi connectivity index (χ3v) is 2.88. The average molecular weight is 284 g/mol. The van der Waals surface area contributed by atoms with Crippen molar-refractivity contribution < 1.29 is 4.74 Å². The third kappa shape index (κ3) is 3.63. The third-order valence-electron chi connectivity index (χ3n) is 2.88. The molecule has 1 rings (SSSR count). The molecule has 20 heavy (non-hydrogen) atoms. The Kier molecular flexibility index (Phi) is 5.82. The number of hydrogen-bond acceptors (Lipinski definition) is 5. The van der Waals surface area contributed by atoms with Crippen LogP contribution in [0.15, 0.2) is 9.59 Å². The lowest BCUT2D eigenvalue weighted by atomic mass is 10.2. The lowest BCUT2D eigenvalue weighted by molar-refractivity contribution is 0.158. The molecule has 0 atom stereocenters. The van der Waals surface area contributed by atoms with Crippen molar-refractivity contribution in [2.75, 3.05) is 30.8 Å². The maximum Gasteiger partial charge on any atom is 0.332 e. The molecule has 0 amide bonds. The Morgan fingerprint density at radius 2 is 2.00 bits per heavy atom. The average Bonchev–Trinajstić information content (AvgIpc) is 2.40. The van der Waals surface area contributed by atoms with Crippen molar-refractivity contribution in [1.29, 1.82) is 0 Å². The number of nitrogen functional groups attached to an aromatic ring is 1. The second-order valence-electron chi connectivity index (χ2n) is 5.04. The maximum absolute atomic E-state index is 12.1. The van der Waals surface area contributed by atoms with Crippen LogP contribution in [0.5, 0.6) is 0 Å². The molecule has 7 heteroatoms. The van der Waals surface area contributed by atoms with Crippen LogP contribution in [0.25, 0.3) is 0 Å². The number of hydrogen-bond donors (Lipinski definition) is 2. The van der Waals surface area contributed by atoms with E-state index < -0.39 is 11.2 Å². The van der Waals surface area contributed by atoms with E-state index in [1.807, 2.05) is 20.8 Å². The van der Waals surface area contributed by atoms with Gasteiger partial charge in [0.1, 0.15) is 11.5 Å². The first-order valence-electron chi connectivity index (χ1n) is 6.81. The van der Waals surface area contributed by atoms with Gasteiger partial charge in [0.2, 0.25) is 0 Å². The number of nitrogens with two attached hydrogens (primary N) is 1. The Hall–Kier alpha value is -1.76. The van der Waals surface area contributed by atoms with Crippen LogP contribution < -0.4 is 22.3 Å². The van der Waals surface area contributed by atoms with Gasteiger partial charge in [0.15, 0.2) is 0 Å². The number of rotatable bonds is 7. The molecule has 3 N–H and O–H groups in total. The summed E-state index contributed by atoms with van der Waals surface area (Å²) < 4.78 is 7.70. The standard InChI is InChI=1S/C13H24N4O3/c1-5-20-7-6-15-10-11(14)17(8-9(2)3)13(19)16(4)12(10)18/h9,15H,5-8,14H2,1-4H3. The predicted molar refractivity (Wildman–Crippen MR) is 80.2 cm³/mol. The van der Waals surface area contributed by atoms with Crippen molar-refractivity contribution in [1.82, 2.24) is 9.13 Å². The highest BCUT2D eigenvalue weighted by Gasteiger charge is 2.15. The van der Waals surface area contributed by atoms with Crippen LogP contribution in [0.3, 0.4) is 0 Å². The summed E-state index contributed by atoms with van der Waals surface area (Å²) in [6, 6.07) is 0. The molecule has 1 aromatic rings. The number of ether oxygens (including phenoxy) is 1. The van der Waals surface area contributed by atoms with E-state index in [2.05, 4.69) is 5.32 Å². The van der Waals surface area contributed by atoms with Crippen molar-refractivity contribution in [2.45, 2.75) is 27.3 Å². The van der Waals surface area contributed by atoms with Gasteiger partial charge in [-0.2, -0.15) is 0 Å². The molecule has 0 aliphatic rings. The molecular formula is C13H24N4O3. The van der Waals surface area contributed by atoms with Crippen LogP contribution >= 0.6 is 0 Å². The van der Waals surface area contributed by atoms with Crippen LogP contribution in [0.1, 0.15) is 20.8 Å². The SMILES string of the molecule is CCOCCNc1c(N)n(CC(C)C)c(=O)n(C)c1=O. The van der Waals surface area contributed by atoms with Crippen molar-refractivity contribution >= 4 is 11.5 Å². The highest BCUT2D eigenvalue weighted by Crippen LogP contribution is 2.12. The molecule has 114 valence electrons. The van der Waals surface area contributed by atoms with E-state index in [9.17, 15) is 9.59 Å². The van der Waals surface area contributed by atoms with Crippen LogP contribution in [-0.2, 0) is 18.3 Å². The number of nitrogens with one attached hydrogen (secondary N) is 1.